The first-order valence-corrected chi connectivity index (χ1v) is 12.8. The number of amides is 1. The maximum Gasteiger partial charge on any atom is 0.232 e. The molecule has 0 heterocycles. The van der Waals surface area contributed by atoms with E-state index in [1.165, 1.54) is 16.1 Å². The molecule has 0 aliphatic carbocycles. The first kappa shape index (κ1) is 25.5. The Balaban J connectivity index is 1.75. The molecule has 7 nitrogen and oxygen atoms in total. The Kier molecular flexibility index (Phi) is 10.3. The minimum Gasteiger partial charge on any atom is -0.497 e. The molecule has 2 aromatic carbocycles. The third kappa shape index (κ3) is 8.78. The molecule has 0 saturated heterocycles. The normalized spacial score (nSPS) is 11.1. The third-order valence-electron chi connectivity index (χ3n) is 4.96. The Morgan fingerprint density at radius 2 is 1.66 bits per heavy atom. The average molecular weight is 463 g/mol. The molecule has 0 unspecified atom stereocenters. The van der Waals surface area contributed by atoms with Crippen LogP contribution in [0.5, 0.6) is 11.5 Å². The van der Waals surface area contributed by atoms with Crippen LogP contribution in [0.15, 0.2) is 48.5 Å². The number of aryl methyl sites for hydroxylation is 1. The van der Waals surface area contributed by atoms with Crippen LogP contribution in [0.4, 0.5) is 5.69 Å². The van der Waals surface area contributed by atoms with E-state index in [-0.39, 0.29) is 18.9 Å². The monoisotopic (exact) mass is 462 g/mol. The van der Waals surface area contributed by atoms with Crippen LogP contribution < -0.4 is 19.1 Å². The molecule has 176 valence electrons. The topological polar surface area (TPSA) is 84.9 Å². The number of carbonyl (C=O) groups excluding carboxylic acids is 1. The van der Waals surface area contributed by atoms with E-state index in [1.54, 1.807) is 31.4 Å². The van der Waals surface area contributed by atoms with Crippen molar-refractivity contribution < 1.29 is 22.7 Å². The van der Waals surface area contributed by atoms with E-state index >= 15 is 0 Å². The first-order chi connectivity index (χ1) is 15.3. The number of nitrogens with one attached hydrogen (secondary N) is 1. The first-order valence-electron chi connectivity index (χ1n) is 10.9. The van der Waals surface area contributed by atoms with Gasteiger partial charge in [0.25, 0.3) is 0 Å². The molecular weight excluding hydrogens is 428 g/mol. The number of methoxy groups -OCH3 is 1. The molecule has 2 rings (SSSR count). The minimum atomic E-state index is -3.43. The van der Waals surface area contributed by atoms with Crippen LogP contribution >= 0.6 is 0 Å². The third-order valence-corrected chi connectivity index (χ3v) is 6.16. The fraction of sp³-hybridized carbons (Fsp3) is 0.458. The van der Waals surface area contributed by atoms with Gasteiger partial charge < -0.3 is 14.8 Å². The summed E-state index contributed by atoms with van der Waals surface area (Å²) in [7, 11) is -1.83. The highest BCUT2D eigenvalue weighted by Gasteiger charge is 2.17. The van der Waals surface area contributed by atoms with Gasteiger partial charge in [0, 0.05) is 13.0 Å². The van der Waals surface area contributed by atoms with Gasteiger partial charge in [-0.3, -0.25) is 9.10 Å². The number of hydrogen-bond acceptors (Lipinski definition) is 5. The van der Waals surface area contributed by atoms with Gasteiger partial charge >= 0.3 is 0 Å². The molecule has 2 aromatic rings. The highest BCUT2D eigenvalue weighted by Crippen LogP contribution is 2.20. The van der Waals surface area contributed by atoms with Crippen molar-refractivity contribution in [2.45, 2.75) is 39.0 Å². The predicted octanol–water partition coefficient (Wildman–Crippen LogP) is 3.78. The number of nitrogens with zero attached hydrogens (tertiary/aromatic N) is 1. The molecular formula is C24H34N2O5S. The van der Waals surface area contributed by atoms with Gasteiger partial charge in [0.2, 0.25) is 15.9 Å². The van der Waals surface area contributed by atoms with Crippen molar-refractivity contribution in [3.05, 3.63) is 54.1 Å². The van der Waals surface area contributed by atoms with Crippen LogP contribution in [0.3, 0.4) is 0 Å². The van der Waals surface area contributed by atoms with E-state index in [1.807, 2.05) is 24.3 Å². The lowest BCUT2D eigenvalue weighted by molar-refractivity contribution is -0.121. The van der Waals surface area contributed by atoms with Crippen molar-refractivity contribution >= 4 is 21.6 Å². The largest absolute Gasteiger partial charge is 0.497 e. The van der Waals surface area contributed by atoms with E-state index in [4.69, 9.17) is 9.47 Å². The molecule has 1 amide bonds. The van der Waals surface area contributed by atoms with Crippen molar-refractivity contribution in [1.29, 1.82) is 0 Å². The standard InChI is InChI=1S/C24H34N2O5S/c1-4-5-7-20-9-11-21(12-10-20)26(32(3,28)29)18-6-8-24(27)25-17-19-31-23-15-13-22(30-2)14-16-23/h9-16H,4-8,17-19H2,1-3H3,(H,25,27). The highest BCUT2D eigenvalue weighted by molar-refractivity contribution is 7.92. The van der Waals surface area contributed by atoms with Crippen LogP contribution in [-0.4, -0.2) is 47.4 Å². The summed E-state index contributed by atoms with van der Waals surface area (Å²) >= 11 is 0. The van der Waals surface area contributed by atoms with Gasteiger partial charge in [0.1, 0.15) is 18.1 Å². The van der Waals surface area contributed by atoms with Crippen LogP contribution in [0.25, 0.3) is 0 Å². The average Bonchev–Trinajstić information content (AvgIpc) is 2.78. The summed E-state index contributed by atoms with van der Waals surface area (Å²) in [5.41, 5.74) is 1.82. The van der Waals surface area contributed by atoms with Crippen molar-refractivity contribution in [1.82, 2.24) is 5.32 Å². The molecule has 0 aromatic heterocycles. The summed E-state index contributed by atoms with van der Waals surface area (Å²) in [5, 5.41) is 2.80. The van der Waals surface area contributed by atoms with Gasteiger partial charge in [-0.15, -0.1) is 0 Å². The number of carbonyl (C=O) groups is 1. The summed E-state index contributed by atoms with van der Waals surface area (Å²) in [6.07, 6.45) is 5.06. The van der Waals surface area contributed by atoms with Crippen LogP contribution in [0, 0.1) is 0 Å². The van der Waals surface area contributed by atoms with Gasteiger partial charge in [0.05, 0.1) is 25.6 Å². The lowest BCUT2D eigenvalue weighted by atomic mass is 10.1. The SMILES string of the molecule is CCCCc1ccc(N(CCCC(=O)NCCOc2ccc(OC)cc2)S(C)(=O)=O)cc1. The Labute approximate surface area is 191 Å². The second-order valence-corrected chi connectivity index (χ2v) is 9.49. The number of rotatable bonds is 14. The van der Waals surface area contributed by atoms with E-state index in [9.17, 15) is 13.2 Å². The molecule has 0 atom stereocenters. The van der Waals surface area contributed by atoms with Gasteiger partial charge in [-0.2, -0.15) is 0 Å². The summed E-state index contributed by atoms with van der Waals surface area (Å²) in [6, 6.07) is 14.8. The molecule has 1 N–H and O–H groups in total. The molecule has 0 radical (unpaired) electrons. The summed E-state index contributed by atoms with van der Waals surface area (Å²) in [6.45, 7) is 3.12. The Morgan fingerprint density at radius 1 is 1.00 bits per heavy atom. The summed E-state index contributed by atoms with van der Waals surface area (Å²) in [4.78, 5) is 12.1. The quantitative estimate of drug-likeness (QED) is 0.432. The zero-order valence-corrected chi connectivity index (χ0v) is 20.0. The molecule has 32 heavy (non-hydrogen) atoms. The number of hydrogen-bond donors (Lipinski definition) is 1. The smallest absolute Gasteiger partial charge is 0.232 e. The maximum atomic E-state index is 12.3. The second-order valence-electron chi connectivity index (χ2n) is 7.58. The molecule has 0 bridgehead atoms. The molecule has 0 aliphatic heterocycles. The van der Waals surface area contributed by atoms with Crippen molar-refractivity contribution in [3.63, 3.8) is 0 Å². The van der Waals surface area contributed by atoms with Crippen LogP contribution in [-0.2, 0) is 21.2 Å². The van der Waals surface area contributed by atoms with Crippen LogP contribution in [0.1, 0.15) is 38.2 Å². The van der Waals surface area contributed by atoms with Crippen molar-refractivity contribution in [2.24, 2.45) is 0 Å². The number of ether oxygens (including phenoxy) is 2. The van der Waals surface area contributed by atoms with E-state index in [2.05, 4.69) is 12.2 Å². The van der Waals surface area contributed by atoms with Crippen LogP contribution in [0.2, 0.25) is 0 Å². The maximum absolute atomic E-state index is 12.3. The van der Waals surface area contributed by atoms with E-state index < -0.39 is 10.0 Å². The van der Waals surface area contributed by atoms with E-state index in [0.717, 1.165) is 25.0 Å². The second kappa shape index (κ2) is 13.0. The molecule has 0 fully saturated rings. The van der Waals surface area contributed by atoms with Crippen molar-refractivity contribution in [3.8, 4) is 11.5 Å². The van der Waals surface area contributed by atoms with E-state index in [0.29, 0.717) is 31.0 Å². The summed E-state index contributed by atoms with van der Waals surface area (Å²) in [5.74, 6) is 1.32. The van der Waals surface area contributed by atoms with Gasteiger partial charge in [-0.25, -0.2) is 8.42 Å². The predicted molar refractivity (Wildman–Crippen MR) is 128 cm³/mol. The molecule has 8 heteroatoms. The lowest BCUT2D eigenvalue weighted by Crippen LogP contribution is -2.32. The number of benzene rings is 2. The van der Waals surface area contributed by atoms with Gasteiger partial charge in [0.15, 0.2) is 0 Å². The fourth-order valence-corrected chi connectivity index (χ4v) is 4.16. The van der Waals surface area contributed by atoms with Gasteiger partial charge in [-0.1, -0.05) is 25.5 Å². The summed E-state index contributed by atoms with van der Waals surface area (Å²) < 4.78 is 36.5. The minimum absolute atomic E-state index is 0.133. The molecule has 0 saturated carbocycles. The Bertz CT molecular complexity index is 928. The number of anilines is 1. The van der Waals surface area contributed by atoms with Crippen molar-refractivity contribution in [2.75, 3.05) is 37.4 Å². The Hall–Kier alpha value is -2.74. The molecule has 0 spiro atoms. The lowest BCUT2D eigenvalue weighted by Gasteiger charge is -2.22. The fourth-order valence-electron chi connectivity index (χ4n) is 3.20. The highest BCUT2D eigenvalue weighted by atomic mass is 32.2. The number of sulfonamides is 1. The number of unbranched alkanes of at least 4 members (excludes halogenated alkanes) is 1. The zero-order chi connectivity index (χ0) is 23.4. The zero-order valence-electron chi connectivity index (χ0n) is 19.2. The molecule has 0 aliphatic rings. The van der Waals surface area contributed by atoms with Gasteiger partial charge in [-0.05, 0) is 61.2 Å². The Morgan fingerprint density at radius 3 is 2.25 bits per heavy atom.